The standard InChI is InChI=1S/C8H14N2O/c1-9-4-8-3-7(6-11)5-10(8)2/h3,5,9,11H,4,6H2,1-2H3. The Labute approximate surface area is 66.7 Å². The molecule has 0 fully saturated rings. The highest BCUT2D eigenvalue weighted by atomic mass is 16.3. The Kier molecular flexibility index (Phi) is 2.68. The van der Waals surface area contributed by atoms with Crippen molar-refractivity contribution in [3.05, 3.63) is 23.5 Å². The number of aliphatic hydroxyl groups excluding tert-OH is 1. The third-order valence-electron chi connectivity index (χ3n) is 1.70. The van der Waals surface area contributed by atoms with Gasteiger partial charge in [-0.3, -0.25) is 0 Å². The summed E-state index contributed by atoms with van der Waals surface area (Å²) in [6, 6.07) is 2.00. The average molecular weight is 154 g/mol. The molecule has 0 aliphatic heterocycles. The molecule has 1 aromatic rings. The number of aliphatic hydroxyl groups is 1. The van der Waals surface area contributed by atoms with Gasteiger partial charge in [0.05, 0.1) is 6.61 Å². The molecule has 0 radical (unpaired) electrons. The van der Waals surface area contributed by atoms with Crippen molar-refractivity contribution in [2.45, 2.75) is 13.2 Å². The van der Waals surface area contributed by atoms with E-state index in [0.29, 0.717) is 0 Å². The molecule has 62 valence electrons. The topological polar surface area (TPSA) is 37.2 Å². The lowest BCUT2D eigenvalue weighted by Crippen LogP contribution is -2.08. The van der Waals surface area contributed by atoms with Gasteiger partial charge in [-0.15, -0.1) is 0 Å². The van der Waals surface area contributed by atoms with Crippen molar-refractivity contribution in [2.75, 3.05) is 7.05 Å². The van der Waals surface area contributed by atoms with Gasteiger partial charge in [0.1, 0.15) is 0 Å². The van der Waals surface area contributed by atoms with Gasteiger partial charge in [0.25, 0.3) is 0 Å². The Morgan fingerprint density at radius 3 is 2.82 bits per heavy atom. The number of hydrogen-bond donors (Lipinski definition) is 2. The van der Waals surface area contributed by atoms with Gasteiger partial charge in [0, 0.05) is 25.5 Å². The molecule has 0 saturated heterocycles. The summed E-state index contributed by atoms with van der Waals surface area (Å²) in [4.78, 5) is 0. The van der Waals surface area contributed by atoms with Crippen molar-refractivity contribution >= 4 is 0 Å². The van der Waals surface area contributed by atoms with Crippen LogP contribution >= 0.6 is 0 Å². The fourth-order valence-electron chi connectivity index (χ4n) is 1.13. The highest BCUT2D eigenvalue weighted by molar-refractivity contribution is 5.17. The summed E-state index contributed by atoms with van der Waals surface area (Å²) in [6.45, 7) is 0.966. The van der Waals surface area contributed by atoms with Gasteiger partial charge in [-0.05, 0) is 18.7 Å². The summed E-state index contributed by atoms with van der Waals surface area (Å²) in [5, 5.41) is 11.9. The maximum Gasteiger partial charge on any atom is 0.0696 e. The second kappa shape index (κ2) is 3.55. The summed E-state index contributed by atoms with van der Waals surface area (Å²) >= 11 is 0. The lowest BCUT2D eigenvalue weighted by molar-refractivity contribution is 0.282. The third-order valence-corrected chi connectivity index (χ3v) is 1.70. The first kappa shape index (κ1) is 8.30. The van der Waals surface area contributed by atoms with Crippen LogP contribution in [0, 0.1) is 0 Å². The molecule has 0 amide bonds. The molecule has 2 N–H and O–H groups in total. The zero-order valence-electron chi connectivity index (χ0n) is 6.96. The van der Waals surface area contributed by atoms with E-state index in [1.165, 1.54) is 5.69 Å². The lowest BCUT2D eigenvalue weighted by Gasteiger charge is -1.99. The van der Waals surface area contributed by atoms with E-state index in [9.17, 15) is 0 Å². The van der Waals surface area contributed by atoms with Crippen LogP contribution in [0.5, 0.6) is 0 Å². The quantitative estimate of drug-likeness (QED) is 0.654. The molecule has 0 bridgehead atoms. The van der Waals surface area contributed by atoms with Gasteiger partial charge in [-0.2, -0.15) is 0 Å². The third kappa shape index (κ3) is 1.82. The van der Waals surface area contributed by atoms with Crippen LogP contribution in [0.25, 0.3) is 0 Å². The lowest BCUT2D eigenvalue weighted by atomic mass is 10.3. The molecule has 0 spiro atoms. The monoisotopic (exact) mass is 154 g/mol. The van der Waals surface area contributed by atoms with Crippen LogP contribution in [-0.4, -0.2) is 16.7 Å². The maximum atomic E-state index is 8.81. The predicted octanol–water partition coefficient (Wildman–Crippen LogP) is 0.237. The largest absolute Gasteiger partial charge is 0.392 e. The van der Waals surface area contributed by atoms with Crippen molar-refractivity contribution in [1.82, 2.24) is 9.88 Å². The summed E-state index contributed by atoms with van der Waals surface area (Å²) < 4.78 is 2.02. The van der Waals surface area contributed by atoms with E-state index in [1.54, 1.807) is 0 Å². The van der Waals surface area contributed by atoms with Crippen molar-refractivity contribution in [2.24, 2.45) is 7.05 Å². The van der Waals surface area contributed by atoms with E-state index in [-0.39, 0.29) is 6.61 Å². The minimum absolute atomic E-state index is 0.123. The Morgan fingerprint density at radius 2 is 2.36 bits per heavy atom. The first-order valence-corrected chi connectivity index (χ1v) is 3.67. The number of hydrogen-bond acceptors (Lipinski definition) is 2. The van der Waals surface area contributed by atoms with E-state index in [0.717, 1.165) is 12.1 Å². The van der Waals surface area contributed by atoms with Crippen LogP contribution in [0.1, 0.15) is 11.3 Å². The Hall–Kier alpha value is -0.800. The van der Waals surface area contributed by atoms with Gasteiger partial charge in [-0.25, -0.2) is 0 Å². The molecule has 1 rings (SSSR count). The molecule has 0 atom stereocenters. The SMILES string of the molecule is CNCc1cc(CO)cn1C. The first-order chi connectivity index (χ1) is 5.27. The fraction of sp³-hybridized carbons (Fsp3) is 0.500. The molecular formula is C8H14N2O. The second-order valence-electron chi connectivity index (χ2n) is 2.64. The van der Waals surface area contributed by atoms with Crippen LogP contribution in [0.3, 0.4) is 0 Å². The molecule has 1 heterocycles. The Morgan fingerprint density at radius 1 is 1.64 bits per heavy atom. The van der Waals surface area contributed by atoms with E-state index >= 15 is 0 Å². The molecular weight excluding hydrogens is 140 g/mol. The van der Waals surface area contributed by atoms with Gasteiger partial charge in [-0.1, -0.05) is 0 Å². The van der Waals surface area contributed by atoms with E-state index in [2.05, 4.69) is 5.32 Å². The van der Waals surface area contributed by atoms with Gasteiger partial charge < -0.3 is 15.0 Å². The summed E-state index contributed by atoms with van der Waals surface area (Å²) in [7, 11) is 3.89. The smallest absolute Gasteiger partial charge is 0.0696 e. The van der Waals surface area contributed by atoms with Gasteiger partial charge >= 0.3 is 0 Å². The number of rotatable bonds is 3. The van der Waals surface area contributed by atoms with Crippen LogP contribution < -0.4 is 5.32 Å². The average Bonchev–Trinajstić information content (AvgIpc) is 2.33. The summed E-state index contributed by atoms with van der Waals surface area (Å²) in [5.74, 6) is 0. The molecule has 0 aromatic carbocycles. The van der Waals surface area contributed by atoms with Gasteiger partial charge in [0.15, 0.2) is 0 Å². The molecule has 0 aliphatic carbocycles. The highest BCUT2D eigenvalue weighted by Crippen LogP contribution is 2.06. The molecule has 3 nitrogen and oxygen atoms in total. The highest BCUT2D eigenvalue weighted by Gasteiger charge is 1.99. The molecule has 0 unspecified atom stereocenters. The summed E-state index contributed by atoms with van der Waals surface area (Å²) in [5.41, 5.74) is 2.16. The molecule has 11 heavy (non-hydrogen) atoms. The summed E-state index contributed by atoms with van der Waals surface area (Å²) in [6.07, 6.45) is 1.94. The number of nitrogens with one attached hydrogen (secondary N) is 1. The van der Waals surface area contributed by atoms with Crippen LogP contribution in [0.15, 0.2) is 12.3 Å². The van der Waals surface area contributed by atoms with E-state index < -0.39 is 0 Å². The zero-order valence-corrected chi connectivity index (χ0v) is 6.96. The van der Waals surface area contributed by atoms with Crippen molar-refractivity contribution in [3.63, 3.8) is 0 Å². The second-order valence-corrected chi connectivity index (χ2v) is 2.64. The molecule has 3 heteroatoms. The fourth-order valence-corrected chi connectivity index (χ4v) is 1.13. The van der Waals surface area contributed by atoms with Gasteiger partial charge in [0.2, 0.25) is 0 Å². The molecule has 0 aliphatic rings. The number of aryl methyl sites for hydroxylation is 1. The Bertz CT molecular complexity index is 230. The van der Waals surface area contributed by atoms with Crippen LogP contribution in [-0.2, 0) is 20.2 Å². The number of nitrogens with zero attached hydrogens (tertiary/aromatic N) is 1. The van der Waals surface area contributed by atoms with Crippen LogP contribution in [0.2, 0.25) is 0 Å². The van der Waals surface area contributed by atoms with Crippen molar-refractivity contribution < 1.29 is 5.11 Å². The predicted molar refractivity (Wildman–Crippen MR) is 44.1 cm³/mol. The molecule has 0 saturated carbocycles. The first-order valence-electron chi connectivity index (χ1n) is 3.67. The minimum atomic E-state index is 0.123. The maximum absolute atomic E-state index is 8.81. The van der Waals surface area contributed by atoms with E-state index in [4.69, 9.17) is 5.11 Å². The normalized spacial score (nSPS) is 10.5. The van der Waals surface area contributed by atoms with Crippen molar-refractivity contribution in [3.8, 4) is 0 Å². The zero-order chi connectivity index (χ0) is 8.27. The number of aromatic nitrogens is 1. The Balaban J connectivity index is 2.79. The minimum Gasteiger partial charge on any atom is -0.392 e. The van der Waals surface area contributed by atoms with Crippen molar-refractivity contribution in [1.29, 1.82) is 0 Å². The molecule has 1 aromatic heterocycles. The van der Waals surface area contributed by atoms with E-state index in [1.807, 2.05) is 30.9 Å². The van der Waals surface area contributed by atoms with Crippen LogP contribution in [0.4, 0.5) is 0 Å².